The number of hydrogen-bond donors (Lipinski definition) is 2. The number of thioether (sulfide) groups is 1. The summed E-state index contributed by atoms with van der Waals surface area (Å²) in [5, 5.41) is 0. The number of nitrogens with zero attached hydrogens (tertiary/aromatic N) is 1. The van der Waals surface area contributed by atoms with Crippen LogP contribution in [0.1, 0.15) is 5.56 Å². The van der Waals surface area contributed by atoms with E-state index >= 15 is 0 Å². The average molecular weight is 287 g/mol. The Hall–Kier alpha value is -0.690. The predicted octanol–water partition coefficient (Wildman–Crippen LogP) is 1.39. The van der Waals surface area contributed by atoms with Crippen LogP contribution in [0.2, 0.25) is 0 Å². The minimum Gasteiger partial charge on any atom is -0.300 e. The maximum atomic E-state index is 13.7. The summed E-state index contributed by atoms with van der Waals surface area (Å²) < 4.78 is 26.6. The minimum atomic E-state index is -0.552. The molecule has 6 heteroatoms. The van der Waals surface area contributed by atoms with Crippen LogP contribution >= 0.6 is 11.8 Å². The first-order valence-electron chi connectivity index (χ1n) is 6.30. The van der Waals surface area contributed by atoms with E-state index in [-0.39, 0.29) is 12.1 Å². The van der Waals surface area contributed by atoms with Crippen molar-refractivity contribution in [3.63, 3.8) is 0 Å². The Labute approximate surface area is 116 Å². The van der Waals surface area contributed by atoms with Crippen molar-refractivity contribution >= 4 is 11.8 Å². The Morgan fingerprint density at radius 3 is 2.95 bits per heavy atom. The summed E-state index contributed by atoms with van der Waals surface area (Å²) in [4.78, 5) is 2.24. The lowest BCUT2D eigenvalue weighted by molar-refractivity contribution is 0.213. The van der Waals surface area contributed by atoms with E-state index in [1.807, 2.05) is 11.8 Å². The number of nitrogens with two attached hydrogens (primary N) is 1. The van der Waals surface area contributed by atoms with Crippen molar-refractivity contribution in [1.82, 2.24) is 10.3 Å². The van der Waals surface area contributed by atoms with E-state index in [2.05, 4.69) is 17.4 Å². The zero-order valence-corrected chi connectivity index (χ0v) is 11.7. The lowest BCUT2D eigenvalue weighted by atomic mass is 9.99. The van der Waals surface area contributed by atoms with Gasteiger partial charge in [0, 0.05) is 36.2 Å². The zero-order valence-electron chi connectivity index (χ0n) is 10.9. The van der Waals surface area contributed by atoms with Gasteiger partial charge in [0.2, 0.25) is 0 Å². The number of nitrogens with one attached hydrogen (secondary N) is 1. The van der Waals surface area contributed by atoms with Gasteiger partial charge in [0.1, 0.15) is 11.6 Å². The number of halogens is 2. The van der Waals surface area contributed by atoms with Crippen LogP contribution in [-0.4, -0.2) is 42.1 Å². The maximum absolute atomic E-state index is 13.7. The third-order valence-corrected chi connectivity index (χ3v) is 4.63. The second-order valence-corrected chi connectivity index (χ2v) is 5.99. The van der Waals surface area contributed by atoms with Crippen molar-refractivity contribution in [2.75, 3.05) is 25.1 Å². The quantitative estimate of drug-likeness (QED) is 0.648. The number of rotatable bonds is 4. The van der Waals surface area contributed by atoms with Gasteiger partial charge in [-0.2, -0.15) is 11.8 Å². The van der Waals surface area contributed by atoms with Crippen molar-refractivity contribution in [2.24, 2.45) is 5.84 Å². The Morgan fingerprint density at radius 2 is 2.32 bits per heavy atom. The second kappa shape index (κ2) is 6.65. The number of hydrogen-bond acceptors (Lipinski definition) is 4. The molecular weight excluding hydrogens is 268 g/mol. The highest BCUT2D eigenvalue weighted by atomic mass is 32.2. The molecule has 1 aromatic rings. The van der Waals surface area contributed by atoms with Crippen LogP contribution in [-0.2, 0) is 6.42 Å². The molecule has 2 unspecified atom stereocenters. The molecule has 3 N–H and O–H groups in total. The van der Waals surface area contributed by atoms with E-state index < -0.39 is 11.6 Å². The van der Waals surface area contributed by atoms with Crippen LogP contribution in [0.15, 0.2) is 18.2 Å². The lowest BCUT2D eigenvalue weighted by Gasteiger charge is -2.37. The maximum Gasteiger partial charge on any atom is 0.129 e. The smallest absolute Gasteiger partial charge is 0.129 e. The SMILES string of the molecule is CN1CCSCC1C(Cc1ccc(F)cc1F)NN. The van der Waals surface area contributed by atoms with Gasteiger partial charge in [0.15, 0.2) is 0 Å². The van der Waals surface area contributed by atoms with Crippen LogP contribution in [0.3, 0.4) is 0 Å². The Kier molecular flexibility index (Phi) is 5.15. The van der Waals surface area contributed by atoms with Gasteiger partial charge in [-0.05, 0) is 25.1 Å². The Morgan fingerprint density at radius 1 is 1.53 bits per heavy atom. The molecule has 0 bridgehead atoms. The Balaban J connectivity index is 2.09. The number of hydrazine groups is 1. The molecule has 2 atom stereocenters. The summed E-state index contributed by atoms with van der Waals surface area (Å²) in [6.07, 6.45) is 0.457. The molecule has 0 radical (unpaired) electrons. The molecule has 19 heavy (non-hydrogen) atoms. The first-order chi connectivity index (χ1) is 9.11. The first-order valence-corrected chi connectivity index (χ1v) is 7.45. The van der Waals surface area contributed by atoms with E-state index in [4.69, 9.17) is 5.84 Å². The average Bonchev–Trinajstić information content (AvgIpc) is 2.39. The van der Waals surface area contributed by atoms with Crippen LogP contribution in [0.25, 0.3) is 0 Å². The molecule has 1 aromatic carbocycles. The van der Waals surface area contributed by atoms with Gasteiger partial charge in [0.05, 0.1) is 0 Å². The highest BCUT2D eigenvalue weighted by Crippen LogP contribution is 2.20. The summed E-state index contributed by atoms with van der Waals surface area (Å²) in [6.45, 7) is 0.999. The van der Waals surface area contributed by atoms with Crippen molar-refractivity contribution in [1.29, 1.82) is 0 Å². The van der Waals surface area contributed by atoms with E-state index in [9.17, 15) is 8.78 Å². The lowest BCUT2D eigenvalue weighted by Crippen LogP contribution is -2.55. The summed E-state index contributed by atoms with van der Waals surface area (Å²) in [6, 6.07) is 3.91. The molecule has 0 amide bonds. The highest BCUT2D eigenvalue weighted by Gasteiger charge is 2.28. The van der Waals surface area contributed by atoms with Gasteiger partial charge in [-0.25, -0.2) is 8.78 Å². The molecule has 1 heterocycles. The van der Waals surface area contributed by atoms with Crippen LogP contribution in [0.4, 0.5) is 8.78 Å². The predicted molar refractivity (Wildman–Crippen MR) is 74.9 cm³/mol. The molecule has 1 aliphatic heterocycles. The van der Waals surface area contributed by atoms with Crippen molar-refractivity contribution in [3.05, 3.63) is 35.4 Å². The topological polar surface area (TPSA) is 41.3 Å². The summed E-state index contributed by atoms with van der Waals surface area (Å²) >= 11 is 1.88. The molecule has 1 aliphatic rings. The molecule has 0 aromatic heterocycles. The van der Waals surface area contributed by atoms with Gasteiger partial charge < -0.3 is 4.90 Å². The van der Waals surface area contributed by atoms with Gasteiger partial charge in [-0.15, -0.1) is 0 Å². The third kappa shape index (κ3) is 3.66. The molecule has 0 aliphatic carbocycles. The molecule has 2 rings (SSSR count). The number of likely N-dealkylation sites (N-methyl/N-ethyl adjacent to an activating group) is 1. The Bertz CT molecular complexity index is 430. The first kappa shape index (κ1) is 14.7. The highest BCUT2D eigenvalue weighted by molar-refractivity contribution is 7.99. The summed E-state index contributed by atoms with van der Waals surface area (Å²) in [7, 11) is 2.05. The van der Waals surface area contributed by atoms with E-state index in [0.717, 1.165) is 24.1 Å². The molecule has 1 saturated heterocycles. The largest absolute Gasteiger partial charge is 0.300 e. The van der Waals surface area contributed by atoms with Crippen LogP contribution in [0.5, 0.6) is 0 Å². The summed E-state index contributed by atoms with van der Waals surface area (Å²) in [5.41, 5.74) is 3.27. The molecule has 106 valence electrons. The number of benzene rings is 1. The van der Waals surface area contributed by atoms with E-state index in [0.29, 0.717) is 12.0 Å². The minimum absolute atomic E-state index is 0.0437. The summed E-state index contributed by atoms with van der Waals surface area (Å²) in [5.74, 6) is 6.62. The van der Waals surface area contributed by atoms with Gasteiger partial charge in [0.25, 0.3) is 0 Å². The molecule has 0 spiro atoms. The fourth-order valence-corrected chi connectivity index (χ4v) is 3.67. The molecular formula is C13H19F2N3S. The molecule has 3 nitrogen and oxygen atoms in total. The fourth-order valence-electron chi connectivity index (χ4n) is 2.36. The van der Waals surface area contributed by atoms with Gasteiger partial charge >= 0.3 is 0 Å². The van der Waals surface area contributed by atoms with Crippen molar-refractivity contribution < 1.29 is 8.78 Å². The zero-order chi connectivity index (χ0) is 13.8. The molecule has 1 fully saturated rings. The van der Waals surface area contributed by atoms with Crippen LogP contribution in [0, 0.1) is 11.6 Å². The monoisotopic (exact) mass is 287 g/mol. The third-order valence-electron chi connectivity index (χ3n) is 3.58. The standard InChI is InChI=1S/C13H19F2N3S/c1-18-4-5-19-8-13(18)12(17-16)6-9-2-3-10(14)7-11(9)15/h2-3,7,12-13,17H,4-6,8,16H2,1H3. The van der Waals surface area contributed by atoms with Crippen molar-refractivity contribution in [3.8, 4) is 0 Å². The fraction of sp³-hybridized carbons (Fsp3) is 0.538. The van der Waals surface area contributed by atoms with Crippen molar-refractivity contribution in [2.45, 2.75) is 18.5 Å². The van der Waals surface area contributed by atoms with Gasteiger partial charge in [-0.1, -0.05) is 6.07 Å². The van der Waals surface area contributed by atoms with E-state index in [1.54, 1.807) is 0 Å². The molecule has 0 saturated carbocycles. The van der Waals surface area contributed by atoms with Gasteiger partial charge in [-0.3, -0.25) is 11.3 Å². The second-order valence-electron chi connectivity index (χ2n) is 4.84. The normalized spacial score (nSPS) is 22.4. The van der Waals surface area contributed by atoms with E-state index in [1.165, 1.54) is 12.1 Å². The van der Waals surface area contributed by atoms with Crippen LogP contribution < -0.4 is 11.3 Å².